The van der Waals surface area contributed by atoms with Crippen LogP contribution in [0.3, 0.4) is 0 Å². The van der Waals surface area contributed by atoms with Gasteiger partial charge in [0.2, 0.25) is 5.95 Å². The highest BCUT2D eigenvalue weighted by Crippen LogP contribution is 2.31. The number of fused-ring (bicyclic) bond motifs is 1. The fraction of sp³-hybridized carbons (Fsp3) is 0.346. The molecule has 1 aliphatic heterocycles. The number of nitrogen functional groups attached to an aromatic ring is 1. The van der Waals surface area contributed by atoms with Crippen LogP contribution in [0.25, 0.3) is 5.78 Å². The molecule has 0 saturated carbocycles. The van der Waals surface area contributed by atoms with Crippen molar-refractivity contribution in [1.29, 1.82) is 0 Å². The molecule has 3 heterocycles. The van der Waals surface area contributed by atoms with E-state index in [0.717, 1.165) is 26.2 Å². The first-order valence-electron chi connectivity index (χ1n) is 12.0. The van der Waals surface area contributed by atoms with E-state index in [2.05, 4.69) is 73.4 Å². The Kier molecular flexibility index (Phi) is 6.17. The monoisotopic (exact) mass is 505 g/mol. The maximum atomic E-state index is 13.0. The van der Waals surface area contributed by atoms with E-state index >= 15 is 0 Å². The number of rotatable bonds is 5. The van der Waals surface area contributed by atoms with Crippen LogP contribution in [0.5, 0.6) is 0 Å². The standard InChI is InChI=1S/C26H31N7O2S/c1-26(2,3)36(34,35)21-18-28-24-29-25(30-33(24)23(21)27)32-16-14-31(15-17-32)22(19-10-6-4-7-11-19)20-12-8-5-9-13-20/h4-13,18,22H,14-17,27H2,1-3H3. The molecule has 2 N–H and O–H groups in total. The molecule has 2 aromatic heterocycles. The van der Waals surface area contributed by atoms with Crippen molar-refractivity contribution in [1.82, 2.24) is 24.5 Å². The third-order valence-electron chi connectivity index (χ3n) is 6.65. The first-order valence-corrected chi connectivity index (χ1v) is 13.5. The molecule has 1 fully saturated rings. The maximum absolute atomic E-state index is 13.0. The number of hydrogen-bond donors (Lipinski definition) is 1. The van der Waals surface area contributed by atoms with E-state index in [-0.39, 0.29) is 22.5 Å². The third kappa shape index (κ3) is 4.31. The van der Waals surface area contributed by atoms with Gasteiger partial charge in [0.05, 0.1) is 17.0 Å². The lowest BCUT2D eigenvalue weighted by Gasteiger charge is -2.39. The highest BCUT2D eigenvalue weighted by Gasteiger charge is 2.34. The molecule has 0 unspecified atom stereocenters. The molecule has 1 saturated heterocycles. The minimum absolute atomic E-state index is 0.0283. The number of sulfone groups is 1. The molecule has 0 radical (unpaired) electrons. The summed E-state index contributed by atoms with van der Waals surface area (Å²) in [6.07, 6.45) is 1.28. The van der Waals surface area contributed by atoms with Crippen molar-refractivity contribution in [2.75, 3.05) is 36.8 Å². The molecule has 0 amide bonds. The van der Waals surface area contributed by atoms with Crippen LogP contribution in [0.4, 0.5) is 11.8 Å². The number of nitrogens with zero attached hydrogens (tertiary/aromatic N) is 6. The van der Waals surface area contributed by atoms with Crippen LogP contribution in [0.15, 0.2) is 71.8 Å². The Morgan fingerprint density at radius 2 is 1.44 bits per heavy atom. The Labute approximate surface area is 211 Å². The highest BCUT2D eigenvalue weighted by molar-refractivity contribution is 7.92. The summed E-state index contributed by atoms with van der Waals surface area (Å²) in [5.41, 5.74) is 8.76. The number of piperazine rings is 1. The van der Waals surface area contributed by atoms with Crippen LogP contribution in [-0.2, 0) is 9.84 Å². The predicted octanol–water partition coefficient (Wildman–Crippen LogP) is 3.19. The number of hydrogen-bond acceptors (Lipinski definition) is 8. The second-order valence-electron chi connectivity index (χ2n) is 9.99. The molecule has 1 aliphatic rings. The minimum atomic E-state index is -3.68. The summed E-state index contributed by atoms with van der Waals surface area (Å²) in [5, 5.41) is 4.54. The van der Waals surface area contributed by atoms with Gasteiger partial charge in [-0.15, -0.1) is 5.10 Å². The number of aromatic nitrogens is 4. The van der Waals surface area contributed by atoms with E-state index in [4.69, 9.17) is 5.73 Å². The molecular weight excluding hydrogens is 474 g/mol. The Hall–Kier alpha value is -3.50. The van der Waals surface area contributed by atoms with Crippen LogP contribution in [0.1, 0.15) is 37.9 Å². The molecule has 4 aromatic rings. The van der Waals surface area contributed by atoms with E-state index in [0.29, 0.717) is 5.95 Å². The van der Waals surface area contributed by atoms with Gasteiger partial charge in [-0.2, -0.15) is 9.50 Å². The molecule has 0 atom stereocenters. The zero-order valence-electron chi connectivity index (χ0n) is 20.7. The Morgan fingerprint density at radius 1 is 0.889 bits per heavy atom. The average molecular weight is 506 g/mol. The second-order valence-corrected chi connectivity index (χ2v) is 12.7. The van der Waals surface area contributed by atoms with Gasteiger partial charge in [-0.3, -0.25) is 4.90 Å². The van der Waals surface area contributed by atoms with Crippen LogP contribution in [0, 0.1) is 0 Å². The molecule has 0 bridgehead atoms. The normalized spacial score (nSPS) is 15.6. The van der Waals surface area contributed by atoms with Gasteiger partial charge >= 0.3 is 0 Å². The lowest BCUT2D eigenvalue weighted by molar-refractivity contribution is 0.211. The Morgan fingerprint density at radius 3 is 1.97 bits per heavy atom. The van der Waals surface area contributed by atoms with Crippen molar-refractivity contribution in [3.05, 3.63) is 78.0 Å². The fourth-order valence-electron chi connectivity index (χ4n) is 4.56. The summed E-state index contributed by atoms with van der Waals surface area (Å²) in [7, 11) is -3.68. The smallest absolute Gasteiger partial charge is 0.255 e. The minimum Gasteiger partial charge on any atom is -0.382 e. The van der Waals surface area contributed by atoms with E-state index in [1.54, 1.807) is 20.8 Å². The second kappa shape index (κ2) is 9.18. The number of anilines is 2. The van der Waals surface area contributed by atoms with Crippen molar-refractivity contribution < 1.29 is 8.42 Å². The van der Waals surface area contributed by atoms with Crippen molar-refractivity contribution in [3.8, 4) is 0 Å². The first kappa shape index (κ1) is 24.2. The zero-order valence-corrected chi connectivity index (χ0v) is 21.6. The van der Waals surface area contributed by atoms with Crippen molar-refractivity contribution in [2.24, 2.45) is 0 Å². The largest absolute Gasteiger partial charge is 0.382 e. The SMILES string of the molecule is CC(C)(C)S(=O)(=O)c1cnc2nc(N3CCN(C(c4ccccc4)c4ccccc4)CC3)nn2c1N. The van der Waals surface area contributed by atoms with Gasteiger partial charge in [-0.25, -0.2) is 13.4 Å². The van der Waals surface area contributed by atoms with Crippen LogP contribution >= 0.6 is 0 Å². The van der Waals surface area contributed by atoms with Gasteiger partial charge in [0.1, 0.15) is 10.7 Å². The zero-order chi connectivity index (χ0) is 25.5. The molecule has 0 aliphatic carbocycles. The fourth-order valence-corrected chi connectivity index (χ4v) is 5.77. The third-order valence-corrected chi connectivity index (χ3v) is 9.15. The van der Waals surface area contributed by atoms with Crippen LogP contribution in [0.2, 0.25) is 0 Å². The van der Waals surface area contributed by atoms with Gasteiger partial charge in [0, 0.05) is 26.2 Å². The summed E-state index contributed by atoms with van der Waals surface area (Å²) >= 11 is 0. The Bertz CT molecular complexity index is 1420. The van der Waals surface area contributed by atoms with E-state index < -0.39 is 14.6 Å². The van der Waals surface area contributed by atoms with Gasteiger partial charge in [0.15, 0.2) is 9.84 Å². The van der Waals surface area contributed by atoms with Crippen molar-refractivity contribution in [2.45, 2.75) is 36.5 Å². The topological polar surface area (TPSA) is 110 Å². The number of nitrogens with two attached hydrogens (primary N) is 1. The van der Waals surface area contributed by atoms with Gasteiger partial charge < -0.3 is 10.6 Å². The summed E-state index contributed by atoms with van der Waals surface area (Å²) in [6, 6.07) is 21.2. The molecule has 5 rings (SSSR count). The quantitative estimate of drug-likeness (QED) is 0.440. The summed E-state index contributed by atoms with van der Waals surface area (Å²) in [4.78, 5) is 13.3. The molecule has 10 heteroatoms. The summed E-state index contributed by atoms with van der Waals surface area (Å²) in [5.74, 6) is 0.805. The predicted molar refractivity (Wildman–Crippen MR) is 141 cm³/mol. The molecule has 0 spiro atoms. The molecular formula is C26H31N7O2S. The highest BCUT2D eigenvalue weighted by atomic mass is 32.2. The summed E-state index contributed by atoms with van der Waals surface area (Å²) < 4.78 is 26.2. The molecule has 188 valence electrons. The lowest BCUT2D eigenvalue weighted by atomic mass is 9.96. The van der Waals surface area contributed by atoms with Gasteiger partial charge in [0.25, 0.3) is 5.78 Å². The van der Waals surface area contributed by atoms with E-state index in [1.807, 2.05) is 12.1 Å². The summed E-state index contributed by atoms with van der Waals surface area (Å²) in [6.45, 7) is 7.98. The number of benzene rings is 2. The van der Waals surface area contributed by atoms with E-state index in [1.165, 1.54) is 21.8 Å². The maximum Gasteiger partial charge on any atom is 0.255 e. The van der Waals surface area contributed by atoms with Crippen LogP contribution < -0.4 is 10.6 Å². The molecule has 2 aromatic carbocycles. The Balaban J connectivity index is 1.39. The van der Waals surface area contributed by atoms with Crippen molar-refractivity contribution in [3.63, 3.8) is 0 Å². The average Bonchev–Trinajstić information content (AvgIpc) is 3.31. The van der Waals surface area contributed by atoms with Crippen molar-refractivity contribution >= 4 is 27.4 Å². The van der Waals surface area contributed by atoms with E-state index in [9.17, 15) is 8.42 Å². The van der Waals surface area contributed by atoms with Crippen LogP contribution in [-0.4, -0.2) is 63.8 Å². The van der Waals surface area contributed by atoms with Gasteiger partial charge in [-0.1, -0.05) is 60.7 Å². The lowest BCUT2D eigenvalue weighted by Crippen LogP contribution is -2.48. The molecule has 36 heavy (non-hydrogen) atoms. The first-order chi connectivity index (χ1) is 17.2. The molecule has 9 nitrogen and oxygen atoms in total. The van der Waals surface area contributed by atoms with Gasteiger partial charge in [-0.05, 0) is 31.9 Å².